The van der Waals surface area contributed by atoms with Gasteiger partial charge in [0.1, 0.15) is 5.75 Å². The number of phenols is 1. The summed E-state index contributed by atoms with van der Waals surface area (Å²) in [4.78, 5) is 0. The van der Waals surface area contributed by atoms with Crippen LogP contribution in [0.5, 0.6) is 5.75 Å². The van der Waals surface area contributed by atoms with Crippen LogP contribution in [0.4, 0.5) is 8.78 Å². The van der Waals surface area contributed by atoms with E-state index in [1.807, 2.05) is 6.07 Å². The van der Waals surface area contributed by atoms with Gasteiger partial charge in [0.05, 0.1) is 6.07 Å². The van der Waals surface area contributed by atoms with Crippen LogP contribution in [-0.2, 0) is 6.42 Å². The third-order valence-corrected chi connectivity index (χ3v) is 1.63. The smallest absolute Gasteiger partial charge is 0.162 e. The van der Waals surface area contributed by atoms with Crippen molar-refractivity contribution in [2.24, 2.45) is 0 Å². The van der Waals surface area contributed by atoms with Crippen molar-refractivity contribution in [2.45, 2.75) is 12.8 Å². The molecule has 0 saturated heterocycles. The van der Waals surface area contributed by atoms with Crippen molar-refractivity contribution in [1.29, 1.82) is 5.26 Å². The van der Waals surface area contributed by atoms with Crippen molar-refractivity contribution in [3.8, 4) is 11.8 Å². The number of benzene rings is 1. The van der Waals surface area contributed by atoms with Crippen LogP contribution in [0.3, 0.4) is 0 Å². The van der Waals surface area contributed by atoms with E-state index in [4.69, 9.17) is 10.4 Å². The third kappa shape index (κ3) is 2.15. The molecule has 0 fully saturated rings. The molecule has 0 radical (unpaired) electrons. The van der Waals surface area contributed by atoms with E-state index in [0.717, 1.165) is 6.07 Å². The number of phenolic OH excluding ortho intramolecular Hbond substituents is 1. The maximum absolute atomic E-state index is 12.6. The van der Waals surface area contributed by atoms with E-state index in [9.17, 15) is 8.78 Å². The number of halogens is 2. The zero-order valence-corrected chi connectivity index (χ0v) is 6.72. The minimum Gasteiger partial charge on any atom is -0.508 e. The highest BCUT2D eigenvalue weighted by Gasteiger charge is 2.08. The first kappa shape index (κ1) is 9.46. The van der Waals surface area contributed by atoms with Crippen LogP contribution in [0, 0.1) is 23.0 Å². The Bertz CT molecular complexity index is 357. The first-order chi connectivity index (χ1) is 6.15. The lowest BCUT2D eigenvalue weighted by atomic mass is 10.1. The van der Waals surface area contributed by atoms with Gasteiger partial charge in [-0.25, -0.2) is 8.78 Å². The Morgan fingerprint density at radius 3 is 2.54 bits per heavy atom. The molecule has 0 atom stereocenters. The number of hydrogen-bond acceptors (Lipinski definition) is 2. The second kappa shape index (κ2) is 3.85. The average molecular weight is 183 g/mol. The summed E-state index contributed by atoms with van der Waals surface area (Å²) in [6.07, 6.45) is 0.387. The monoisotopic (exact) mass is 183 g/mol. The van der Waals surface area contributed by atoms with Crippen molar-refractivity contribution in [2.75, 3.05) is 0 Å². The fourth-order valence-corrected chi connectivity index (χ4v) is 0.968. The Morgan fingerprint density at radius 1 is 1.31 bits per heavy atom. The Labute approximate surface area is 74.0 Å². The van der Waals surface area contributed by atoms with Gasteiger partial charge in [0.15, 0.2) is 11.6 Å². The van der Waals surface area contributed by atoms with Gasteiger partial charge in [0.2, 0.25) is 0 Å². The summed E-state index contributed by atoms with van der Waals surface area (Å²) in [6, 6.07) is 3.47. The predicted octanol–water partition coefficient (Wildman–Crippen LogP) is 2.13. The van der Waals surface area contributed by atoms with Gasteiger partial charge in [-0.3, -0.25) is 0 Å². The Kier molecular flexibility index (Phi) is 2.80. The molecule has 1 aromatic rings. The lowest BCUT2D eigenvalue weighted by Gasteiger charge is -2.02. The lowest BCUT2D eigenvalue weighted by Crippen LogP contribution is -1.90. The molecule has 0 spiro atoms. The normalized spacial score (nSPS) is 9.62. The summed E-state index contributed by atoms with van der Waals surface area (Å²) in [5.74, 6) is -2.40. The molecule has 0 aliphatic carbocycles. The molecule has 1 N–H and O–H groups in total. The number of aryl methyl sites for hydroxylation is 1. The molecule has 0 amide bonds. The molecule has 13 heavy (non-hydrogen) atoms. The molecule has 4 heteroatoms. The van der Waals surface area contributed by atoms with Gasteiger partial charge < -0.3 is 5.11 Å². The van der Waals surface area contributed by atoms with Gasteiger partial charge in [0, 0.05) is 12.5 Å². The molecule has 1 aromatic carbocycles. The number of nitrogens with zero attached hydrogens (tertiary/aromatic N) is 1. The van der Waals surface area contributed by atoms with E-state index >= 15 is 0 Å². The van der Waals surface area contributed by atoms with Gasteiger partial charge in [-0.15, -0.1) is 0 Å². The molecular formula is C9H7F2NO. The second-order valence-electron chi connectivity index (χ2n) is 2.55. The minimum atomic E-state index is -1.08. The molecule has 0 unspecified atom stereocenters. The van der Waals surface area contributed by atoms with Gasteiger partial charge in [-0.1, -0.05) is 0 Å². The zero-order valence-electron chi connectivity index (χ0n) is 6.72. The maximum atomic E-state index is 12.6. The van der Waals surface area contributed by atoms with E-state index < -0.39 is 11.6 Å². The quantitative estimate of drug-likeness (QED) is 0.763. The molecule has 0 heterocycles. The standard InChI is InChI=1S/C9H7F2NO/c10-7-4-6(2-1-3-12)9(13)5-8(7)11/h4-5,13H,1-2H2. The van der Waals surface area contributed by atoms with Crippen LogP contribution in [-0.4, -0.2) is 5.11 Å². The molecule has 2 nitrogen and oxygen atoms in total. The van der Waals surface area contributed by atoms with Crippen molar-refractivity contribution in [3.05, 3.63) is 29.3 Å². The van der Waals surface area contributed by atoms with Crippen LogP contribution < -0.4 is 0 Å². The van der Waals surface area contributed by atoms with E-state index in [1.165, 1.54) is 0 Å². The molecular weight excluding hydrogens is 176 g/mol. The highest BCUT2D eigenvalue weighted by molar-refractivity contribution is 5.33. The number of nitriles is 1. The van der Waals surface area contributed by atoms with Crippen LogP contribution in [0.15, 0.2) is 12.1 Å². The van der Waals surface area contributed by atoms with Crippen LogP contribution in [0.1, 0.15) is 12.0 Å². The van der Waals surface area contributed by atoms with Gasteiger partial charge in [-0.2, -0.15) is 5.26 Å². The van der Waals surface area contributed by atoms with Crippen molar-refractivity contribution in [3.63, 3.8) is 0 Å². The van der Waals surface area contributed by atoms with Crippen molar-refractivity contribution < 1.29 is 13.9 Å². The minimum absolute atomic E-state index is 0.165. The van der Waals surface area contributed by atoms with Gasteiger partial charge in [-0.05, 0) is 18.1 Å². The predicted molar refractivity (Wildman–Crippen MR) is 42.0 cm³/mol. The second-order valence-corrected chi connectivity index (χ2v) is 2.55. The van der Waals surface area contributed by atoms with Crippen molar-refractivity contribution in [1.82, 2.24) is 0 Å². The molecule has 0 aliphatic heterocycles. The van der Waals surface area contributed by atoms with Crippen molar-refractivity contribution >= 4 is 0 Å². The first-order valence-electron chi connectivity index (χ1n) is 3.69. The summed E-state index contributed by atoms with van der Waals surface area (Å²) in [6.45, 7) is 0. The Hall–Kier alpha value is -1.63. The summed E-state index contributed by atoms with van der Waals surface area (Å²) >= 11 is 0. The first-order valence-corrected chi connectivity index (χ1v) is 3.69. The Balaban J connectivity index is 2.96. The number of hydrogen-bond donors (Lipinski definition) is 1. The summed E-state index contributed by atoms with van der Waals surface area (Å²) in [5, 5.41) is 17.4. The Morgan fingerprint density at radius 2 is 1.92 bits per heavy atom. The average Bonchev–Trinajstić information content (AvgIpc) is 2.09. The molecule has 0 aromatic heterocycles. The van der Waals surface area contributed by atoms with E-state index in [1.54, 1.807) is 0 Å². The summed E-state index contributed by atoms with van der Waals surface area (Å²) in [5.41, 5.74) is 0.250. The van der Waals surface area contributed by atoms with Gasteiger partial charge in [0.25, 0.3) is 0 Å². The highest BCUT2D eigenvalue weighted by Crippen LogP contribution is 2.21. The summed E-state index contributed by atoms with van der Waals surface area (Å²) in [7, 11) is 0. The molecule has 0 saturated carbocycles. The summed E-state index contributed by atoms with van der Waals surface area (Å²) < 4.78 is 25.1. The molecule has 0 aliphatic rings. The largest absolute Gasteiger partial charge is 0.508 e. The SMILES string of the molecule is N#CCCc1cc(F)c(F)cc1O. The maximum Gasteiger partial charge on any atom is 0.162 e. The third-order valence-electron chi connectivity index (χ3n) is 1.63. The molecule has 68 valence electrons. The number of rotatable bonds is 2. The lowest BCUT2D eigenvalue weighted by molar-refractivity contribution is 0.447. The van der Waals surface area contributed by atoms with Gasteiger partial charge >= 0.3 is 0 Å². The van der Waals surface area contributed by atoms with Crippen LogP contribution in [0.25, 0.3) is 0 Å². The highest BCUT2D eigenvalue weighted by atomic mass is 19.2. The topological polar surface area (TPSA) is 44.0 Å². The fourth-order valence-electron chi connectivity index (χ4n) is 0.968. The van der Waals surface area contributed by atoms with Crippen LogP contribution in [0.2, 0.25) is 0 Å². The van der Waals surface area contributed by atoms with E-state index in [2.05, 4.69) is 0 Å². The van der Waals surface area contributed by atoms with E-state index in [-0.39, 0.29) is 24.2 Å². The number of aromatic hydroxyl groups is 1. The van der Waals surface area contributed by atoms with E-state index in [0.29, 0.717) is 6.07 Å². The molecule has 0 bridgehead atoms. The molecule has 1 rings (SSSR count). The fraction of sp³-hybridized carbons (Fsp3) is 0.222. The van der Waals surface area contributed by atoms with Crippen LogP contribution >= 0.6 is 0 Å². The zero-order chi connectivity index (χ0) is 9.84.